The zero-order chi connectivity index (χ0) is 17.9. The van der Waals surface area contributed by atoms with Crippen LogP contribution in [-0.4, -0.2) is 61.8 Å². The van der Waals surface area contributed by atoms with Crippen molar-refractivity contribution in [3.05, 3.63) is 29.3 Å². The summed E-state index contributed by atoms with van der Waals surface area (Å²) >= 11 is 0. The summed E-state index contributed by atoms with van der Waals surface area (Å²) in [6, 6.07) is 5.16. The molecule has 1 aromatic carbocycles. The molecule has 1 saturated heterocycles. The number of hydrogen-bond acceptors (Lipinski definition) is 5. The van der Waals surface area contributed by atoms with E-state index in [1.165, 1.54) is 4.90 Å². The van der Waals surface area contributed by atoms with Crippen LogP contribution in [0.2, 0.25) is 0 Å². The van der Waals surface area contributed by atoms with Crippen molar-refractivity contribution in [2.24, 2.45) is 0 Å². The second kappa shape index (κ2) is 7.61. The quantitative estimate of drug-likeness (QED) is 0.798. The van der Waals surface area contributed by atoms with Gasteiger partial charge in [0.1, 0.15) is 5.75 Å². The lowest BCUT2D eigenvalue weighted by Crippen LogP contribution is -2.47. The summed E-state index contributed by atoms with van der Waals surface area (Å²) in [5, 5.41) is 12.0. The number of hydrogen-bond donors (Lipinski definition) is 2. The van der Waals surface area contributed by atoms with E-state index in [2.05, 4.69) is 5.32 Å². The average molecular weight is 368 g/mol. The minimum Gasteiger partial charge on any atom is -0.493 e. The summed E-state index contributed by atoms with van der Waals surface area (Å²) in [6.07, 6.45) is 2.38. The van der Waals surface area contributed by atoms with Gasteiger partial charge in [0, 0.05) is 19.1 Å². The van der Waals surface area contributed by atoms with E-state index in [4.69, 9.17) is 4.74 Å². The third-order valence-corrected chi connectivity index (χ3v) is 6.42. The van der Waals surface area contributed by atoms with E-state index in [0.29, 0.717) is 13.0 Å². The van der Waals surface area contributed by atoms with Gasteiger partial charge in [0.05, 0.1) is 24.7 Å². The molecule has 2 amide bonds. The first kappa shape index (κ1) is 18.0. The van der Waals surface area contributed by atoms with E-state index in [0.717, 1.165) is 36.3 Å². The standard InChI is InChI=1S/C17H24N2O5S/c20-7-6-19(15-5-9-25(22,23)12-15)17(21)18-11-13-3-4-16-14(10-13)2-1-8-24-16/h3-4,10,15,20H,1-2,5-9,11-12H2,(H,18,21)/t15-/m0/s1. The summed E-state index contributed by atoms with van der Waals surface area (Å²) in [7, 11) is -3.09. The lowest BCUT2D eigenvalue weighted by Gasteiger charge is -2.27. The van der Waals surface area contributed by atoms with Gasteiger partial charge in [-0.15, -0.1) is 0 Å². The number of amides is 2. The van der Waals surface area contributed by atoms with Crippen molar-refractivity contribution >= 4 is 15.9 Å². The Labute approximate surface area is 147 Å². The molecule has 2 heterocycles. The molecule has 1 atom stereocenters. The van der Waals surface area contributed by atoms with Gasteiger partial charge in [-0.2, -0.15) is 0 Å². The number of sulfone groups is 1. The molecule has 2 aliphatic heterocycles. The normalized spacial score (nSPS) is 21.2. The van der Waals surface area contributed by atoms with E-state index in [1.807, 2.05) is 18.2 Å². The van der Waals surface area contributed by atoms with Crippen LogP contribution in [0.15, 0.2) is 18.2 Å². The van der Waals surface area contributed by atoms with Gasteiger partial charge in [-0.05, 0) is 36.5 Å². The fourth-order valence-electron chi connectivity index (χ4n) is 3.38. The number of urea groups is 1. The van der Waals surface area contributed by atoms with Crippen molar-refractivity contribution in [3.63, 3.8) is 0 Å². The Morgan fingerprint density at radius 1 is 1.40 bits per heavy atom. The van der Waals surface area contributed by atoms with Crippen molar-refractivity contribution in [3.8, 4) is 5.75 Å². The molecule has 3 rings (SSSR count). The maximum absolute atomic E-state index is 12.5. The smallest absolute Gasteiger partial charge is 0.318 e. The summed E-state index contributed by atoms with van der Waals surface area (Å²) in [5.41, 5.74) is 2.12. The molecule has 0 radical (unpaired) electrons. The molecule has 2 N–H and O–H groups in total. The molecule has 1 aromatic rings. The Morgan fingerprint density at radius 2 is 2.24 bits per heavy atom. The molecule has 25 heavy (non-hydrogen) atoms. The highest BCUT2D eigenvalue weighted by Crippen LogP contribution is 2.25. The lowest BCUT2D eigenvalue weighted by atomic mass is 10.0. The van der Waals surface area contributed by atoms with Crippen LogP contribution in [0.25, 0.3) is 0 Å². The number of rotatable bonds is 5. The van der Waals surface area contributed by atoms with Gasteiger partial charge in [-0.1, -0.05) is 12.1 Å². The highest BCUT2D eigenvalue weighted by Gasteiger charge is 2.34. The monoisotopic (exact) mass is 368 g/mol. The van der Waals surface area contributed by atoms with Crippen LogP contribution in [0.5, 0.6) is 5.75 Å². The number of fused-ring (bicyclic) bond motifs is 1. The van der Waals surface area contributed by atoms with Crippen LogP contribution in [0.4, 0.5) is 4.79 Å². The first-order valence-corrected chi connectivity index (χ1v) is 10.4. The van der Waals surface area contributed by atoms with Crippen molar-refractivity contribution in [1.29, 1.82) is 0 Å². The molecule has 0 aliphatic carbocycles. The predicted molar refractivity (Wildman–Crippen MR) is 93.3 cm³/mol. The number of carbonyl (C=O) groups is 1. The highest BCUT2D eigenvalue weighted by atomic mass is 32.2. The number of ether oxygens (including phenoxy) is 1. The molecule has 2 aliphatic rings. The number of carbonyl (C=O) groups excluding carboxylic acids is 1. The zero-order valence-electron chi connectivity index (χ0n) is 14.1. The van der Waals surface area contributed by atoms with Crippen LogP contribution >= 0.6 is 0 Å². The van der Waals surface area contributed by atoms with Crippen LogP contribution in [0.3, 0.4) is 0 Å². The molecular weight excluding hydrogens is 344 g/mol. The minimum absolute atomic E-state index is 0.0311. The fraction of sp³-hybridized carbons (Fsp3) is 0.588. The molecular formula is C17H24N2O5S. The van der Waals surface area contributed by atoms with Crippen LogP contribution < -0.4 is 10.1 Å². The SMILES string of the molecule is O=C(NCc1ccc2c(c1)CCCO2)N(CCO)[C@H]1CCS(=O)(=O)C1. The van der Waals surface area contributed by atoms with Gasteiger partial charge in [-0.3, -0.25) is 0 Å². The van der Waals surface area contributed by atoms with Crippen molar-refractivity contribution in [2.45, 2.75) is 31.8 Å². The Hall–Kier alpha value is -1.80. The maximum atomic E-state index is 12.5. The second-order valence-electron chi connectivity index (χ2n) is 6.53. The molecule has 0 aromatic heterocycles. The molecule has 8 heteroatoms. The van der Waals surface area contributed by atoms with Gasteiger partial charge in [-0.25, -0.2) is 13.2 Å². The topological polar surface area (TPSA) is 95.9 Å². The molecule has 1 fully saturated rings. The Morgan fingerprint density at radius 3 is 2.96 bits per heavy atom. The summed E-state index contributed by atoms with van der Waals surface area (Å²) in [6.45, 7) is 1.03. The molecule has 0 unspecified atom stereocenters. The lowest BCUT2D eigenvalue weighted by molar-refractivity contribution is 0.157. The fourth-order valence-corrected chi connectivity index (χ4v) is 5.11. The molecule has 0 spiro atoms. The second-order valence-corrected chi connectivity index (χ2v) is 8.76. The first-order chi connectivity index (χ1) is 12.0. The van der Waals surface area contributed by atoms with Crippen LogP contribution in [-0.2, 0) is 22.8 Å². The summed E-state index contributed by atoms with van der Waals surface area (Å²) in [4.78, 5) is 13.9. The Balaban J connectivity index is 1.61. The van der Waals surface area contributed by atoms with Gasteiger partial charge in [0.15, 0.2) is 9.84 Å². The first-order valence-electron chi connectivity index (χ1n) is 8.59. The number of aliphatic hydroxyl groups excluding tert-OH is 1. The molecule has 7 nitrogen and oxygen atoms in total. The largest absolute Gasteiger partial charge is 0.493 e. The Bertz CT molecular complexity index is 735. The minimum atomic E-state index is -3.09. The molecule has 0 saturated carbocycles. The number of aliphatic hydroxyl groups is 1. The van der Waals surface area contributed by atoms with Gasteiger partial charge in [0.25, 0.3) is 0 Å². The van der Waals surface area contributed by atoms with Gasteiger partial charge >= 0.3 is 6.03 Å². The van der Waals surface area contributed by atoms with E-state index >= 15 is 0 Å². The number of nitrogens with zero attached hydrogens (tertiary/aromatic N) is 1. The predicted octanol–water partition coefficient (Wildman–Crippen LogP) is 0.703. The summed E-state index contributed by atoms with van der Waals surface area (Å²) in [5.74, 6) is 0.966. The number of benzene rings is 1. The van der Waals surface area contributed by atoms with Crippen molar-refractivity contribution in [2.75, 3.05) is 31.3 Å². The van der Waals surface area contributed by atoms with E-state index in [1.54, 1.807) is 0 Å². The van der Waals surface area contributed by atoms with E-state index in [9.17, 15) is 18.3 Å². The number of nitrogens with one attached hydrogen (secondary N) is 1. The van der Waals surface area contributed by atoms with Crippen LogP contribution in [0.1, 0.15) is 24.0 Å². The van der Waals surface area contributed by atoms with E-state index < -0.39 is 9.84 Å². The third-order valence-electron chi connectivity index (χ3n) is 4.67. The average Bonchev–Trinajstić information content (AvgIpc) is 2.97. The van der Waals surface area contributed by atoms with Gasteiger partial charge in [0.2, 0.25) is 0 Å². The van der Waals surface area contributed by atoms with Crippen molar-refractivity contribution in [1.82, 2.24) is 10.2 Å². The maximum Gasteiger partial charge on any atom is 0.318 e. The van der Waals surface area contributed by atoms with E-state index in [-0.39, 0.29) is 36.7 Å². The molecule has 0 bridgehead atoms. The number of aryl methyl sites for hydroxylation is 1. The van der Waals surface area contributed by atoms with Crippen molar-refractivity contribution < 1.29 is 23.1 Å². The van der Waals surface area contributed by atoms with Gasteiger partial charge < -0.3 is 20.1 Å². The van der Waals surface area contributed by atoms with Crippen LogP contribution in [0, 0.1) is 0 Å². The zero-order valence-corrected chi connectivity index (χ0v) is 14.9. The summed E-state index contributed by atoms with van der Waals surface area (Å²) < 4.78 is 28.9. The molecule has 138 valence electrons. The third kappa shape index (κ3) is 4.43. The Kier molecular flexibility index (Phi) is 5.48. The highest BCUT2D eigenvalue weighted by molar-refractivity contribution is 7.91.